The van der Waals surface area contributed by atoms with Crippen LogP contribution in [0.2, 0.25) is 0 Å². The lowest BCUT2D eigenvalue weighted by Gasteiger charge is -2.16. The van der Waals surface area contributed by atoms with E-state index in [4.69, 9.17) is 14.4 Å². The summed E-state index contributed by atoms with van der Waals surface area (Å²) in [7, 11) is 1.61. The molecular weight excluding hydrogens is 288 g/mol. The van der Waals surface area contributed by atoms with Gasteiger partial charge < -0.3 is 14.5 Å². The second-order valence-electron chi connectivity index (χ2n) is 4.53. The van der Waals surface area contributed by atoms with Crippen molar-refractivity contribution in [3.63, 3.8) is 0 Å². The Morgan fingerprint density at radius 1 is 1.52 bits per heavy atom. The highest BCUT2D eigenvalue weighted by Crippen LogP contribution is 2.22. The molecule has 0 spiro atoms. The topological polar surface area (TPSA) is 75.3 Å². The maximum atomic E-state index is 12.3. The van der Waals surface area contributed by atoms with E-state index in [0.717, 1.165) is 5.76 Å². The van der Waals surface area contributed by atoms with E-state index in [0.29, 0.717) is 29.2 Å². The second kappa shape index (κ2) is 7.07. The predicted octanol–water partition coefficient (Wildman–Crippen LogP) is 3.03. The maximum absolute atomic E-state index is 12.3. The van der Waals surface area contributed by atoms with E-state index in [9.17, 15) is 4.79 Å². The van der Waals surface area contributed by atoms with Crippen LogP contribution in [0.4, 0.5) is 0 Å². The zero-order valence-corrected chi connectivity index (χ0v) is 12.7. The summed E-state index contributed by atoms with van der Waals surface area (Å²) in [5.74, 6) is 1.21. The van der Waals surface area contributed by atoms with Crippen molar-refractivity contribution in [2.45, 2.75) is 19.4 Å². The Kier molecular flexibility index (Phi) is 5.14. The molecule has 1 amide bonds. The molecule has 21 heavy (non-hydrogen) atoms. The highest BCUT2D eigenvalue weighted by molar-refractivity contribution is 7.12. The number of nitrogens with one attached hydrogen (secondary N) is 1. The lowest BCUT2D eigenvalue weighted by Crippen LogP contribution is -2.29. The van der Waals surface area contributed by atoms with Crippen molar-refractivity contribution in [3.8, 4) is 6.07 Å². The van der Waals surface area contributed by atoms with Crippen molar-refractivity contribution in [3.05, 3.63) is 45.5 Å². The molecule has 2 rings (SSSR count). The molecule has 110 valence electrons. The van der Waals surface area contributed by atoms with Crippen LogP contribution in [0.25, 0.3) is 0 Å². The Bertz CT molecular complexity index is 654. The average molecular weight is 304 g/mol. The van der Waals surface area contributed by atoms with Crippen molar-refractivity contribution < 1.29 is 13.9 Å². The number of hydrogen-bond acceptors (Lipinski definition) is 5. The van der Waals surface area contributed by atoms with E-state index in [1.807, 2.05) is 25.1 Å². The summed E-state index contributed by atoms with van der Waals surface area (Å²) >= 11 is 1.25. The fourth-order valence-electron chi connectivity index (χ4n) is 1.96. The molecule has 0 aliphatic heterocycles. The molecule has 0 fully saturated rings. The summed E-state index contributed by atoms with van der Waals surface area (Å²) in [5, 5.41) is 13.6. The van der Waals surface area contributed by atoms with Gasteiger partial charge in [-0.3, -0.25) is 4.79 Å². The van der Waals surface area contributed by atoms with Gasteiger partial charge in [-0.25, -0.2) is 0 Å². The third-order valence-electron chi connectivity index (χ3n) is 3.01. The number of rotatable bonds is 6. The van der Waals surface area contributed by atoms with Crippen molar-refractivity contribution in [1.82, 2.24) is 5.32 Å². The number of carbonyl (C=O) groups is 1. The molecule has 0 aliphatic rings. The van der Waals surface area contributed by atoms with Gasteiger partial charge in [-0.1, -0.05) is 0 Å². The smallest absolute Gasteiger partial charge is 0.263 e. The summed E-state index contributed by atoms with van der Waals surface area (Å²) in [6, 6.07) is 7.08. The Hall–Kier alpha value is -2.10. The fourth-order valence-corrected chi connectivity index (χ4v) is 2.71. The van der Waals surface area contributed by atoms with Crippen molar-refractivity contribution >= 4 is 17.2 Å². The monoisotopic (exact) mass is 304 g/mol. The van der Waals surface area contributed by atoms with E-state index >= 15 is 0 Å². The molecule has 6 heteroatoms. The number of furan rings is 1. The van der Waals surface area contributed by atoms with E-state index in [1.165, 1.54) is 11.3 Å². The lowest BCUT2D eigenvalue weighted by atomic mass is 10.1. The molecule has 1 N–H and O–H groups in total. The van der Waals surface area contributed by atoms with Gasteiger partial charge in [0.2, 0.25) is 0 Å². The molecule has 0 saturated carbocycles. The molecule has 0 bridgehead atoms. The van der Waals surface area contributed by atoms with Crippen molar-refractivity contribution in [1.29, 1.82) is 5.26 Å². The molecule has 2 aromatic rings. The van der Waals surface area contributed by atoms with Gasteiger partial charge in [0, 0.05) is 13.7 Å². The van der Waals surface area contributed by atoms with Crippen molar-refractivity contribution in [2.75, 3.05) is 13.7 Å². The number of ether oxygens (including phenoxy) is 1. The minimum absolute atomic E-state index is 0.267. The maximum Gasteiger partial charge on any atom is 0.263 e. The zero-order valence-electron chi connectivity index (χ0n) is 11.9. The number of methoxy groups -OCH3 is 1. The first-order chi connectivity index (χ1) is 10.2. The van der Waals surface area contributed by atoms with Gasteiger partial charge >= 0.3 is 0 Å². The molecule has 2 heterocycles. The van der Waals surface area contributed by atoms with Crippen molar-refractivity contribution in [2.24, 2.45) is 0 Å². The molecule has 0 aliphatic carbocycles. The minimum atomic E-state index is -0.278. The van der Waals surface area contributed by atoms with Gasteiger partial charge in [0.05, 0.1) is 11.6 Å². The van der Waals surface area contributed by atoms with Gasteiger partial charge in [0.1, 0.15) is 22.5 Å². The molecule has 0 saturated heterocycles. The summed E-state index contributed by atoms with van der Waals surface area (Å²) < 4.78 is 10.7. The number of aryl methyl sites for hydroxylation is 1. The molecule has 2 aromatic heterocycles. The molecule has 0 aromatic carbocycles. The molecular formula is C15H16N2O3S. The van der Waals surface area contributed by atoms with Gasteiger partial charge in [-0.15, -0.1) is 11.3 Å². The highest BCUT2D eigenvalue weighted by atomic mass is 32.1. The minimum Gasteiger partial charge on any atom is -0.464 e. The Labute approximate surface area is 127 Å². The predicted molar refractivity (Wildman–Crippen MR) is 79.2 cm³/mol. The summed E-state index contributed by atoms with van der Waals surface area (Å²) in [6.07, 6.45) is 0.600. The van der Waals surface area contributed by atoms with Gasteiger partial charge in [-0.05, 0) is 36.9 Å². The zero-order chi connectivity index (χ0) is 15.2. The standard InChI is InChI=1S/C15H16N2O3S/c1-10-3-4-13(20-10)12(5-7-19-2)17-15(18)14-11(9-16)6-8-21-14/h3-4,6,8,12H,5,7H2,1-2H3,(H,17,18). The van der Waals surface area contributed by atoms with E-state index in [2.05, 4.69) is 5.32 Å². The summed E-state index contributed by atoms with van der Waals surface area (Å²) in [5.41, 5.74) is 0.388. The first kappa shape index (κ1) is 15.3. The first-order valence-electron chi connectivity index (χ1n) is 6.49. The summed E-state index contributed by atoms with van der Waals surface area (Å²) in [4.78, 5) is 12.7. The fraction of sp³-hybridized carbons (Fsp3) is 0.333. The normalized spacial score (nSPS) is 11.9. The second-order valence-corrected chi connectivity index (χ2v) is 5.45. The SMILES string of the molecule is COCCC(NC(=O)c1sccc1C#N)c1ccc(C)o1. The van der Waals surface area contributed by atoms with Crippen LogP contribution in [-0.4, -0.2) is 19.6 Å². The molecule has 0 radical (unpaired) electrons. The van der Waals surface area contributed by atoms with Crippen LogP contribution in [0.5, 0.6) is 0 Å². The molecule has 1 unspecified atom stereocenters. The Morgan fingerprint density at radius 2 is 2.33 bits per heavy atom. The van der Waals surface area contributed by atoms with E-state index in [-0.39, 0.29) is 11.9 Å². The van der Waals surface area contributed by atoms with Crippen LogP contribution >= 0.6 is 11.3 Å². The average Bonchev–Trinajstić information content (AvgIpc) is 3.11. The Balaban J connectivity index is 2.15. The number of thiophene rings is 1. The third-order valence-corrected chi connectivity index (χ3v) is 3.93. The van der Waals surface area contributed by atoms with Crippen LogP contribution in [0.3, 0.4) is 0 Å². The highest BCUT2D eigenvalue weighted by Gasteiger charge is 2.21. The van der Waals surface area contributed by atoms with Crippen LogP contribution in [0.15, 0.2) is 28.0 Å². The first-order valence-corrected chi connectivity index (χ1v) is 7.37. The van der Waals surface area contributed by atoms with E-state index < -0.39 is 0 Å². The lowest BCUT2D eigenvalue weighted by molar-refractivity contribution is 0.0920. The number of nitriles is 1. The van der Waals surface area contributed by atoms with Crippen LogP contribution in [0, 0.1) is 18.3 Å². The largest absolute Gasteiger partial charge is 0.464 e. The number of nitrogens with zero attached hydrogens (tertiary/aromatic N) is 1. The van der Waals surface area contributed by atoms with Gasteiger partial charge in [0.15, 0.2) is 0 Å². The number of hydrogen-bond donors (Lipinski definition) is 1. The quantitative estimate of drug-likeness (QED) is 0.890. The number of amides is 1. The molecule has 5 nitrogen and oxygen atoms in total. The third kappa shape index (κ3) is 3.72. The van der Waals surface area contributed by atoms with E-state index in [1.54, 1.807) is 18.6 Å². The van der Waals surface area contributed by atoms with Crippen LogP contribution < -0.4 is 5.32 Å². The number of carbonyl (C=O) groups excluding carboxylic acids is 1. The molecule has 1 atom stereocenters. The van der Waals surface area contributed by atoms with Crippen LogP contribution in [0.1, 0.15) is 39.2 Å². The summed E-state index contributed by atoms with van der Waals surface area (Å²) in [6.45, 7) is 2.35. The van der Waals surface area contributed by atoms with Gasteiger partial charge in [0.25, 0.3) is 5.91 Å². The Morgan fingerprint density at radius 3 is 2.95 bits per heavy atom. The van der Waals surface area contributed by atoms with Crippen LogP contribution in [-0.2, 0) is 4.74 Å². The van der Waals surface area contributed by atoms with Gasteiger partial charge in [-0.2, -0.15) is 5.26 Å².